The zero-order valence-electron chi connectivity index (χ0n) is 14.7. The molecule has 0 saturated heterocycles. The first kappa shape index (κ1) is 22.3. The van der Waals surface area contributed by atoms with E-state index in [9.17, 15) is 19.2 Å². The molecule has 0 aromatic heterocycles. The van der Waals surface area contributed by atoms with Crippen LogP contribution < -0.4 is 0 Å². The average Bonchev–Trinajstić information content (AvgIpc) is 2.39. The summed E-state index contributed by atoms with van der Waals surface area (Å²) in [4.78, 5) is 43.8. The van der Waals surface area contributed by atoms with Gasteiger partial charge in [-0.1, -0.05) is 24.9 Å². The van der Waals surface area contributed by atoms with Crippen molar-refractivity contribution in [1.82, 2.24) is 0 Å². The highest BCUT2D eigenvalue weighted by Gasteiger charge is 2.17. The van der Waals surface area contributed by atoms with Crippen LogP contribution in [0.2, 0.25) is 12.1 Å². The van der Waals surface area contributed by atoms with E-state index >= 15 is 0 Å². The summed E-state index contributed by atoms with van der Waals surface area (Å²) in [6, 6.07) is 1.71. The van der Waals surface area contributed by atoms with E-state index in [1.165, 1.54) is 27.7 Å². The second-order valence-electron chi connectivity index (χ2n) is 5.29. The molecule has 0 heterocycles. The Morgan fingerprint density at radius 2 is 0.875 bits per heavy atom. The minimum atomic E-state index is -0.885. The van der Waals surface area contributed by atoms with E-state index in [0.29, 0.717) is 0 Å². The fourth-order valence-electron chi connectivity index (χ4n) is 2.00. The molecule has 138 valence electrons. The first-order valence-corrected chi connectivity index (χ1v) is 11.5. The minimum Gasteiger partial charge on any atom is -0.431 e. The van der Waals surface area contributed by atoms with Crippen LogP contribution >= 0.6 is 0 Å². The fraction of sp³-hybridized carbons (Fsp3) is 0.714. The molecular weight excluding hydrogens is 352 g/mol. The molecule has 0 aromatic rings. The highest BCUT2D eigenvalue weighted by atomic mass is 28.2. The molecule has 8 nitrogen and oxygen atoms in total. The van der Waals surface area contributed by atoms with Crippen LogP contribution in [0.5, 0.6) is 0 Å². The predicted molar refractivity (Wildman–Crippen MR) is 90.6 cm³/mol. The number of carbonyl (C=O) groups is 4. The minimum absolute atomic E-state index is 0.466. The van der Waals surface area contributed by atoms with Crippen molar-refractivity contribution < 1.29 is 38.1 Å². The van der Waals surface area contributed by atoms with E-state index in [0.717, 1.165) is 24.9 Å². The third kappa shape index (κ3) is 13.9. The maximum Gasteiger partial charge on any atom is 0.305 e. The Hall–Kier alpha value is -1.69. The van der Waals surface area contributed by atoms with Crippen LogP contribution in [0.15, 0.2) is 0 Å². The van der Waals surface area contributed by atoms with E-state index in [4.69, 9.17) is 18.9 Å². The molecule has 0 radical (unpaired) electrons. The number of carbonyl (C=O) groups excluding carboxylic acids is 4. The van der Waals surface area contributed by atoms with Gasteiger partial charge in [-0.25, -0.2) is 0 Å². The summed E-state index contributed by atoms with van der Waals surface area (Å²) in [5.74, 6) is -3.30. The number of rotatable bonds is 11. The summed E-state index contributed by atoms with van der Waals surface area (Å²) in [6.45, 7) is 5.11. The second-order valence-corrected chi connectivity index (χ2v) is 9.19. The molecule has 0 aliphatic carbocycles. The molecule has 0 aliphatic heterocycles. The largest absolute Gasteiger partial charge is 0.431 e. The van der Waals surface area contributed by atoms with Crippen LogP contribution in [-0.2, 0) is 38.1 Å². The Kier molecular flexibility index (Phi) is 11.8. The lowest BCUT2D eigenvalue weighted by Crippen LogP contribution is -2.29. The lowest BCUT2D eigenvalue weighted by atomic mass is 10.4. The Bertz CT molecular complexity index is 368. The van der Waals surface area contributed by atoms with Gasteiger partial charge < -0.3 is 18.9 Å². The van der Waals surface area contributed by atoms with Crippen LogP contribution in [0.3, 0.4) is 0 Å². The van der Waals surface area contributed by atoms with Gasteiger partial charge in [0.25, 0.3) is 0 Å². The SMILES string of the molecule is CC(=O)OC(OC(C)=O)[SiH2]CCCC[SiH2]C(OC(C)=O)OC(C)=O. The monoisotopic (exact) mass is 378 g/mol. The molecule has 0 aromatic carbocycles. The lowest BCUT2D eigenvalue weighted by molar-refractivity contribution is -0.173. The van der Waals surface area contributed by atoms with Crippen LogP contribution in [0.25, 0.3) is 0 Å². The quantitative estimate of drug-likeness (QED) is 0.210. The van der Waals surface area contributed by atoms with Gasteiger partial charge in [0.1, 0.15) is 19.0 Å². The zero-order valence-corrected chi connectivity index (χ0v) is 17.5. The molecule has 0 rings (SSSR count). The first-order valence-electron chi connectivity index (χ1n) is 7.89. The predicted octanol–water partition coefficient (Wildman–Crippen LogP) is -0.240. The molecule has 0 amide bonds. The average molecular weight is 379 g/mol. The van der Waals surface area contributed by atoms with Crippen LogP contribution in [0.4, 0.5) is 0 Å². The summed E-state index contributed by atoms with van der Waals surface area (Å²) < 4.78 is 19.9. The van der Waals surface area contributed by atoms with E-state index in [1.54, 1.807) is 0 Å². The standard InChI is InChI=1S/C14H26O8Si2/c1-9(15)19-13(20-10(2)16)23-7-5-6-8-24-14(21-11(3)17)22-12(4)18/h13-14H,5-8,23-24H2,1-4H3. The summed E-state index contributed by atoms with van der Waals surface area (Å²) in [6.07, 6.45) is 1.79. The number of hydrogen-bond donors (Lipinski definition) is 0. The van der Waals surface area contributed by atoms with E-state index < -0.39 is 54.7 Å². The van der Waals surface area contributed by atoms with Gasteiger partial charge in [0, 0.05) is 27.7 Å². The van der Waals surface area contributed by atoms with E-state index in [-0.39, 0.29) is 0 Å². The Morgan fingerprint density at radius 3 is 1.08 bits per heavy atom. The van der Waals surface area contributed by atoms with E-state index in [2.05, 4.69) is 0 Å². The summed E-state index contributed by atoms with van der Waals surface area (Å²) in [5.41, 5.74) is 0. The topological polar surface area (TPSA) is 105 Å². The van der Waals surface area contributed by atoms with Gasteiger partial charge in [-0.2, -0.15) is 0 Å². The van der Waals surface area contributed by atoms with Gasteiger partial charge in [-0.3, -0.25) is 19.2 Å². The van der Waals surface area contributed by atoms with Crippen molar-refractivity contribution >= 4 is 42.9 Å². The van der Waals surface area contributed by atoms with Crippen molar-refractivity contribution in [2.45, 2.75) is 64.5 Å². The highest BCUT2D eigenvalue weighted by Crippen LogP contribution is 2.07. The molecule has 0 saturated carbocycles. The van der Waals surface area contributed by atoms with Crippen molar-refractivity contribution in [2.75, 3.05) is 0 Å². The van der Waals surface area contributed by atoms with Gasteiger partial charge in [-0.15, -0.1) is 0 Å². The molecule has 0 unspecified atom stereocenters. The lowest BCUT2D eigenvalue weighted by Gasteiger charge is -2.17. The molecule has 0 spiro atoms. The number of ether oxygens (including phenoxy) is 4. The van der Waals surface area contributed by atoms with Crippen molar-refractivity contribution in [3.8, 4) is 0 Å². The molecule has 0 bridgehead atoms. The van der Waals surface area contributed by atoms with Gasteiger partial charge >= 0.3 is 23.9 Å². The number of esters is 4. The van der Waals surface area contributed by atoms with Gasteiger partial charge in [0.2, 0.25) is 11.8 Å². The van der Waals surface area contributed by atoms with E-state index in [1.807, 2.05) is 0 Å². The third-order valence-corrected chi connectivity index (χ3v) is 6.25. The van der Waals surface area contributed by atoms with Crippen LogP contribution in [0, 0.1) is 0 Å². The molecule has 0 N–H and O–H groups in total. The van der Waals surface area contributed by atoms with Crippen molar-refractivity contribution in [2.24, 2.45) is 0 Å². The summed E-state index contributed by atoms with van der Waals surface area (Å²) >= 11 is 0. The van der Waals surface area contributed by atoms with Gasteiger partial charge in [0.15, 0.2) is 0 Å². The van der Waals surface area contributed by atoms with Crippen LogP contribution in [-0.4, -0.2) is 54.7 Å². The normalized spacial score (nSPS) is 11.4. The smallest absolute Gasteiger partial charge is 0.305 e. The van der Waals surface area contributed by atoms with Crippen LogP contribution in [0.1, 0.15) is 40.5 Å². The fourth-order valence-corrected chi connectivity index (χ4v) is 5.36. The number of unbranched alkanes of at least 4 members (excludes halogenated alkanes) is 1. The molecule has 0 aliphatic rings. The van der Waals surface area contributed by atoms with Gasteiger partial charge in [0.05, 0.1) is 0 Å². The highest BCUT2D eigenvalue weighted by molar-refractivity contribution is 6.37. The first-order chi connectivity index (χ1) is 11.2. The molecule has 0 atom stereocenters. The third-order valence-electron chi connectivity index (χ3n) is 2.82. The molecular formula is C14H26O8Si2. The number of hydrogen-bond acceptors (Lipinski definition) is 8. The maximum absolute atomic E-state index is 11.0. The van der Waals surface area contributed by atoms with Crippen molar-refractivity contribution in [3.63, 3.8) is 0 Å². The Balaban J connectivity index is 3.99. The van der Waals surface area contributed by atoms with Crippen molar-refractivity contribution in [1.29, 1.82) is 0 Å². The zero-order chi connectivity index (χ0) is 18.5. The second kappa shape index (κ2) is 12.7. The van der Waals surface area contributed by atoms with Gasteiger partial charge in [-0.05, 0) is 0 Å². The molecule has 0 fully saturated rings. The maximum atomic E-state index is 11.0. The summed E-state index contributed by atoms with van der Waals surface area (Å²) in [5, 5.41) is 0. The summed E-state index contributed by atoms with van der Waals surface area (Å²) in [7, 11) is -1.77. The molecule has 24 heavy (non-hydrogen) atoms. The Labute approximate surface area is 146 Å². The molecule has 10 heteroatoms. The van der Waals surface area contributed by atoms with Crippen molar-refractivity contribution in [3.05, 3.63) is 0 Å². The Morgan fingerprint density at radius 1 is 0.625 bits per heavy atom.